The number of benzene rings is 1. The molecule has 17 heteroatoms. The number of aliphatic carboxylic acids is 1. The van der Waals surface area contributed by atoms with Crippen LogP contribution in [0, 0.1) is 22.0 Å². The van der Waals surface area contributed by atoms with E-state index >= 15 is 0 Å². The van der Waals surface area contributed by atoms with Gasteiger partial charge in [0, 0.05) is 47.3 Å². The number of rotatable bonds is 10. The lowest BCUT2D eigenvalue weighted by Gasteiger charge is -2.46. The standard InChI is InChI=1S/C30H38N6O10S/c1-14-23-22(15(2)37)28(40)35(23)24(29(41)42)25(14)47-19-10-21(27(39)33-11-18(32(3)4)9-20(33)26(31)38)34(12-19)30(43)46-13-16-5-7-17(8-6-16)36(44)45/h5-8,14-15,18-23,37H,9-13H2,1-4H3,(H2,31,38)(H,41,42)/t14-,15?,18?,19+,20?,21+,22-,23-/m1/s1. The quantitative estimate of drug-likeness (QED) is 0.176. The Morgan fingerprint density at radius 2 is 1.79 bits per heavy atom. The minimum atomic E-state index is -1.29. The molecule has 0 spiro atoms. The van der Waals surface area contributed by atoms with Gasteiger partial charge in [0.25, 0.3) is 5.69 Å². The molecule has 4 heterocycles. The van der Waals surface area contributed by atoms with Crippen molar-refractivity contribution in [2.24, 2.45) is 17.6 Å². The fraction of sp³-hybridized carbons (Fsp3) is 0.567. The van der Waals surface area contributed by atoms with E-state index in [1.807, 2.05) is 19.0 Å². The van der Waals surface area contributed by atoms with E-state index in [9.17, 15) is 44.3 Å². The van der Waals surface area contributed by atoms with Crippen LogP contribution >= 0.6 is 11.8 Å². The fourth-order valence-electron chi connectivity index (χ4n) is 7.01. The van der Waals surface area contributed by atoms with Gasteiger partial charge in [0.05, 0.1) is 23.0 Å². The van der Waals surface area contributed by atoms with Gasteiger partial charge in [-0.15, -0.1) is 11.8 Å². The Labute approximate surface area is 274 Å². The van der Waals surface area contributed by atoms with Crippen LogP contribution in [0.25, 0.3) is 0 Å². The van der Waals surface area contributed by atoms with Crippen LogP contribution in [-0.4, -0.2) is 127 Å². The van der Waals surface area contributed by atoms with Gasteiger partial charge in [-0.1, -0.05) is 6.92 Å². The lowest BCUT2D eigenvalue weighted by atomic mass is 9.79. The number of nitro groups is 1. The summed E-state index contributed by atoms with van der Waals surface area (Å²) in [4.78, 5) is 81.8. The second kappa shape index (κ2) is 13.1. The average Bonchev–Trinajstić information content (AvgIpc) is 3.70. The average molecular weight is 675 g/mol. The number of amides is 4. The molecule has 0 bridgehead atoms. The van der Waals surface area contributed by atoms with Gasteiger partial charge in [0.15, 0.2) is 0 Å². The number of likely N-dealkylation sites (tertiary alicyclic amines) is 2. The second-order valence-electron chi connectivity index (χ2n) is 12.7. The predicted octanol–water partition coefficient (Wildman–Crippen LogP) is 0.578. The number of β-lactam (4-membered cyclic amide) rings is 1. The normalized spacial score (nSPS) is 29.2. The maximum absolute atomic E-state index is 14.1. The van der Waals surface area contributed by atoms with Gasteiger partial charge in [-0.3, -0.25) is 29.4 Å². The third-order valence-corrected chi connectivity index (χ3v) is 11.0. The molecule has 0 aliphatic carbocycles. The van der Waals surface area contributed by atoms with E-state index in [0.717, 1.165) is 0 Å². The summed E-state index contributed by atoms with van der Waals surface area (Å²) in [6.07, 6.45) is -1.37. The van der Waals surface area contributed by atoms with Crippen molar-refractivity contribution in [1.29, 1.82) is 0 Å². The third-order valence-electron chi connectivity index (χ3n) is 9.52. The van der Waals surface area contributed by atoms with Crippen LogP contribution in [0.3, 0.4) is 0 Å². The first kappa shape index (κ1) is 34.1. The smallest absolute Gasteiger partial charge is 0.410 e. The number of hydrogen-bond donors (Lipinski definition) is 3. The number of thioether (sulfide) groups is 1. The molecule has 4 amide bonds. The van der Waals surface area contributed by atoms with Crippen molar-refractivity contribution in [3.8, 4) is 0 Å². The molecule has 4 aliphatic heterocycles. The van der Waals surface area contributed by atoms with E-state index in [4.69, 9.17) is 10.5 Å². The van der Waals surface area contributed by atoms with Crippen LogP contribution in [0.15, 0.2) is 34.9 Å². The van der Waals surface area contributed by atoms with E-state index in [2.05, 4.69) is 0 Å². The minimum Gasteiger partial charge on any atom is -0.477 e. The number of aliphatic hydroxyl groups excluding tert-OH is 1. The zero-order chi connectivity index (χ0) is 34.5. The monoisotopic (exact) mass is 674 g/mol. The molecule has 1 aromatic rings. The molecule has 4 N–H and O–H groups in total. The SMILES string of the molecule is CC(O)[C@H]1C(=O)N2C(C(=O)O)=C(S[C@H]3C[C@@H](C(=O)N4CC(N(C)C)CC4C(N)=O)N(C(=O)OCc4ccc([N+](=O)[O-])cc4)C3)[C@H](C)[C@H]12. The van der Waals surface area contributed by atoms with Crippen molar-refractivity contribution >= 4 is 47.2 Å². The molecule has 0 radical (unpaired) electrons. The summed E-state index contributed by atoms with van der Waals surface area (Å²) in [6, 6.07) is 2.85. The number of nitrogens with two attached hydrogens (primary N) is 1. The molecule has 4 aliphatic rings. The van der Waals surface area contributed by atoms with Crippen molar-refractivity contribution in [2.45, 2.75) is 68.8 Å². The summed E-state index contributed by atoms with van der Waals surface area (Å²) < 4.78 is 5.54. The molecule has 254 valence electrons. The molecule has 0 saturated carbocycles. The summed E-state index contributed by atoms with van der Waals surface area (Å²) in [7, 11) is 3.65. The minimum absolute atomic E-state index is 0.00603. The van der Waals surface area contributed by atoms with E-state index < -0.39 is 76.0 Å². The topological polar surface area (TPSA) is 217 Å². The lowest BCUT2D eigenvalue weighted by molar-refractivity contribution is -0.384. The maximum Gasteiger partial charge on any atom is 0.410 e. The Balaban J connectivity index is 1.40. The van der Waals surface area contributed by atoms with E-state index in [-0.39, 0.29) is 43.5 Å². The maximum atomic E-state index is 14.1. The Morgan fingerprint density at radius 1 is 1.13 bits per heavy atom. The highest BCUT2D eigenvalue weighted by atomic mass is 32.2. The molecule has 8 atom stereocenters. The van der Waals surface area contributed by atoms with Crippen LogP contribution in [0.2, 0.25) is 0 Å². The fourth-order valence-corrected chi connectivity index (χ4v) is 8.54. The molecule has 0 aromatic heterocycles. The third kappa shape index (κ3) is 6.26. The van der Waals surface area contributed by atoms with Gasteiger partial charge >= 0.3 is 12.1 Å². The van der Waals surface area contributed by atoms with Crippen LogP contribution in [0.1, 0.15) is 32.3 Å². The number of carboxylic acids is 1. The van der Waals surface area contributed by atoms with E-state index in [0.29, 0.717) is 16.9 Å². The van der Waals surface area contributed by atoms with Gasteiger partial charge in [-0.25, -0.2) is 9.59 Å². The number of nitrogens with zero attached hydrogens (tertiary/aromatic N) is 5. The van der Waals surface area contributed by atoms with Crippen LogP contribution in [0.4, 0.5) is 10.5 Å². The highest BCUT2D eigenvalue weighted by Crippen LogP contribution is 2.52. The van der Waals surface area contributed by atoms with Gasteiger partial charge in [-0.2, -0.15) is 0 Å². The molecule has 3 unspecified atom stereocenters. The Bertz CT molecular complexity index is 1520. The summed E-state index contributed by atoms with van der Waals surface area (Å²) in [5, 5.41) is 30.8. The van der Waals surface area contributed by atoms with Crippen LogP contribution in [-0.2, 0) is 30.5 Å². The molecule has 5 rings (SSSR count). The molecule has 3 fully saturated rings. The highest BCUT2D eigenvalue weighted by Gasteiger charge is 2.60. The first-order valence-corrected chi connectivity index (χ1v) is 16.1. The van der Waals surface area contributed by atoms with Gasteiger partial charge in [-0.05, 0) is 51.6 Å². The summed E-state index contributed by atoms with van der Waals surface area (Å²) in [5.41, 5.74) is 5.87. The highest BCUT2D eigenvalue weighted by molar-refractivity contribution is 8.03. The number of nitro benzene ring substituents is 1. The zero-order valence-electron chi connectivity index (χ0n) is 26.3. The largest absolute Gasteiger partial charge is 0.477 e. The van der Waals surface area contributed by atoms with Crippen molar-refractivity contribution in [3.05, 3.63) is 50.5 Å². The number of primary amides is 1. The summed E-state index contributed by atoms with van der Waals surface area (Å²) in [6.45, 7) is 3.25. The molecule has 1 aromatic carbocycles. The molecule has 16 nitrogen and oxygen atoms in total. The van der Waals surface area contributed by atoms with Crippen molar-refractivity contribution < 1.29 is 43.8 Å². The van der Waals surface area contributed by atoms with Crippen molar-refractivity contribution in [3.63, 3.8) is 0 Å². The summed E-state index contributed by atoms with van der Waals surface area (Å²) >= 11 is 1.18. The number of hydrogen-bond acceptors (Lipinski definition) is 11. The molecule has 3 saturated heterocycles. The predicted molar refractivity (Wildman–Crippen MR) is 166 cm³/mol. The van der Waals surface area contributed by atoms with Gasteiger partial charge < -0.3 is 35.4 Å². The Morgan fingerprint density at radius 3 is 2.34 bits per heavy atom. The van der Waals surface area contributed by atoms with Crippen LogP contribution in [0.5, 0.6) is 0 Å². The Kier molecular flexibility index (Phi) is 9.52. The van der Waals surface area contributed by atoms with Crippen molar-refractivity contribution in [2.75, 3.05) is 27.2 Å². The first-order valence-electron chi connectivity index (χ1n) is 15.2. The van der Waals surface area contributed by atoms with Crippen LogP contribution < -0.4 is 5.73 Å². The number of carbonyl (C=O) groups excluding carboxylic acids is 4. The molecular weight excluding hydrogens is 636 g/mol. The number of fused-ring (bicyclic) bond motifs is 1. The number of carboxylic acid groups (broad SMARTS) is 1. The number of carbonyl (C=O) groups is 5. The van der Waals surface area contributed by atoms with E-state index in [1.54, 1.807) is 6.92 Å². The van der Waals surface area contributed by atoms with Gasteiger partial charge in [0.1, 0.15) is 24.4 Å². The molecule has 47 heavy (non-hydrogen) atoms. The number of likely N-dealkylation sites (N-methyl/N-ethyl adjacent to an activating group) is 1. The second-order valence-corrected chi connectivity index (χ2v) is 14.0. The first-order chi connectivity index (χ1) is 22.1. The Hall–Kier alpha value is -4.22. The zero-order valence-corrected chi connectivity index (χ0v) is 27.2. The molecular formula is C30H38N6O10S. The number of aliphatic hydroxyl groups is 1. The summed E-state index contributed by atoms with van der Waals surface area (Å²) in [5.74, 6) is -4.08. The van der Waals surface area contributed by atoms with Crippen molar-refractivity contribution in [1.82, 2.24) is 19.6 Å². The number of ether oxygens (including phenoxy) is 1. The van der Waals surface area contributed by atoms with Gasteiger partial charge in [0.2, 0.25) is 17.7 Å². The number of non-ortho nitro benzene ring substituents is 1. The van der Waals surface area contributed by atoms with E-state index in [1.165, 1.54) is 57.7 Å². The lowest BCUT2D eigenvalue weighted by Crippen LogP contribution is -2.63.